The molecule has 1 aromatic heterocycles. The molecule has 1 N–H and O–H groups in total. The molecule has 82 valence electrons. The molecule has 0 saturated carbocycles. The van der Waals surface area contributed by atoms with Crippen LogP contribution in [0.25, 0.3) is 10.9 Å². The highest BCUT2D eigenvalue weighted by Crippen LogP contribution is 2.24. The Morgan fingerprint density at radius 1 is 1.38 bits per heavy atom. The number of hydrogen-bond acceptors (Lipinski definition) is 2. The van der Waals surface area contributed by atoms with E-state index < -0.39 is 0 Å². The van der Waals surface area contributed by atoms with Gasteiger partial charge in [-0.05, 0) is 30.5 Å². The van der Waals surface area contributed by atoms with E-state index in [1.54, 1.807) is 12.1 Å². The van der Waals surface area contributed by atoms with Crippen LogP contribution in [0.2, 0.25) is 0 Å². The molecule has 0 aliphatic heterocycles. The van der Waals surface area contributed by atoms with E-state index in [1.165, 1.54) is 6.07 Å². The molecule has 2 rings (SSSR count). The average molecular weight is 215 g/mol. The van der Waals surface area contributed by atoms with Gasteiger partial charge >= 0.3 is 0 Å². The van der Waals surface area contributed by atoms with Crippen LogP contribution in [-0.2, 0) is 0 Å². The van der Waals surface area contributed by atoms with E-state index in [1.807, 2.05) is 19.1 Å². The Kier molecular flexibility index (Phi) is 2.77. The zero-order chi connectivity index (χ0) is 11.5. The Morgan fingerprint density at radius 2 is 2.12 bits per heavy atom. The Hall–Kier alpha value is -2.03. The van der Waals surface area contributed by atoms with Gasteiger partial charge in [-0.25, -0.2) is 0 Å². The molecule has 0 bridgehead atoms. The van der Waals surface area contributed by atoms with Gasteiger partial charge in [-0.2, -0.15) is 0 Å². The average Bonchev–Trinajstić information content (AvgIpc) is 2.29. The molecule has 0 aliphatic rings. The standard InChI is InChI=1S/C13H13NO2/c1-3-8-16-11-6-4-10-5-7-12(15)14-13(10)9(11)2/h3-7H,1,8H2,2H3,(H,14,15). The SMILES string of the molecule is C=CCOc1ccc2ccc(=O)[nH]c2c1C. The van der Waals surface area contributed by atoms with Crippen molar-refractivity contribution in [3.05, 3.63) is 52.8 Å². The van der Waals surface area contributed by atoms with Crippen LogP contribution in [-0.4, -0.2) is 11.6 Å². The van der Waals surface area contributed by atoms with Crippen molar-refractivity contribution in [2.45, 2.75) is 6.92 Å². The lowest BCUT2D eigenvalue weighted by Gasteiger charge is -2.09. The van der Waals surface area contributed by atoms with E-state index in [2.05, 4.69) is 11.6 Å². The summed E-state index contributed by atoms with van der Waals surface area (Å²) in [4.78, 5) is 14.1. The molecule has 1 aromatic carbocycles. The first-order chi connectivity index (χ1) is 7.72. The van der Waals surface area contributed by atoms with Crippen molar-refractivity contribution in [1.29, 1.82) is 0 Å². The highest BCUT2D eigenvalue weighted by atomic mass is 16.5. The van der Waals surface area contributed by atoms with Crippen LogP contribution in [0, 0.1) is 6.92 Å². The van der Waals surface area contributed by atoms with Gasteiger partial charge in [0.25, 0.3) is 0 Å². The van der Waals surface area contributed by atoms with Crippen molar-refractivity contribution in [2.75, 3.05) is 6.61 Å². The van der Waals surface area contributed by atoms with E-state index in [0.29, 0.717) is 6.61 Å². The Labute approximate surface area is 93.4 Å². The number of ether oxygens (including phenoxy) is 1. The van der Waals surface area contributed by atoms with Crippen LogP contribution in [0.5, 0.6) is 5.75 Å². The minimum Gasteiger partial charge on any atom is -0.489 e. The molecule has 2 aromatic rings. The van der Waals surface area contributed by atoms with Crippen molar-refractivity contribution in [2.24, 2.45) is 0 Å². The molecule has 0 spiro atoms. The normalized spacial score (nSPS) is 10.3. The molecule has 3 nitrogen and oxygen atoms in total. The maximum Gasteiger partial charge on any atom is 0.248 e. The van der Waals surface area contributed by atoms with Crippen LogP contribution in [0.15, 0.2) is 41.7 Å². The number of aryl methyl sites for hydroxylation is 1. The predicted molar refractivity (Wildman–Crippen MR) is 65.0 cm³/mol. The molecule has 1 heterocycles. The molecule has 0 unspecified atom stereocenters. The first kappa shape index (κ1) is 10.5. The number of aromatic amines is 1. The summed E-state index contributed by atoms with van der Waals surface area (Å²) in [5.74, 6) is 0.772. The summed E-state index contributed by atoms with van der Waals surface area (Å²) < 4.78 is 5.49. The Balaban J connectivity index is 2.58. The third-order valence-corrected chi connectivity index (χ3v) is 2.47. The van der Waals surface area contributed by atoms with Crippen molar-refractivity contribution < 1.29 is 4.74 Å². The van der Waals surface area contributed by atoms with Gasteiger partial charge in [-0.3, -0.25) is 4.79 Å². The summed E-state index contributed by atoms with van der Waals surface area (Å²) in [6.07, 6.45) is 1.69. The highest BCUT2D eigenvalue weighted by Gasteiger charge is 2.04. The molecule has 0 amide bonds. The predicted octanol–water partition coefficient (Wildman–Crippen LogP) is 2.40. The topological polar surface area (TPSA) is 42.1 Å². The smallest absolute Gasteiger partial charge is 0.248 e. The maximum atomic E-state index is 11.2. The zero-order valence-corrected chi connectivity index (χ0v) is 9.12. The first-order valence-corrected chi connectivity index (χ1v) is 5.08. The molecule has 0 fully saturated rings. The third-order valence-electron chi connectivity index (χ3n) is 2.47. The van der Waals surface area contributed by atoms with Crippen molar-refractivity contribution in [3.8, 4) is 5.75 Å². The molecule has 0 atom stereocenters. The number of pyridine rings is 1. The lowest BCUT2D eigenvalue weighted by Crippen LogP contribution is -2.04. The number of rotatable bonds is 3. The van der Waals surface area contributed by atoms with Crippen LogP contribution in [0.1, 0.15) is 5.56 Å². The summed E-state index contributed by atoms with van der Waals surface area (Å²) in [5, 5.41) is 1.00. The second kappa shape index (κ2) is 4.23. The zero-order valence-electron chi connectivity index (χ0n) is 9.12. The van der Waals surface area contributed by atoms with E-state index in [4.69, 9.17) is 4.74 Å². The van der Waals surface area contributed by atoms with E-state index in [9.17, 15) is 4.79 Å². The number of H-pyrrole nitrogens is 1. The fourth-order valence-electron chi connectivity index (χ4n) is 1.65. The number of hydrogen-bond donors (Lipinski definition) is 1. The van der Waals surface area contributed by atoms with Gasteiger partial charge in [0.15, 0.2) is 0 Å². The third kappa shape index (κ3) is 1.84. The first-order valence-electron chi connectivity index (χ1n) is 5.08. The lowest BCUT2D eigenvalue weighted by molar-refractivity contribution is 0.361. The Morgan fingerprint density at radius 3 is 2.88 bits per heavy atom. The van der Waals surface area contributed by atoms with E-state index >= 15 is 0 Å². The van der Waals surface area contributed by atoms with Crippen LogP contribution < -0.4 is 10.3 Å². The molecular formula is C13H13NO2. The number of aromatic nitrogens is 1. The van der Waals surface area contributed by atoms with E-state index in [-0.39, 0.29) is 5.56 Å². The summed E-state index contributed by atoms with van der Waals surface area (Å²) in [6, 6.07) is 7.15. The van der Waals surface area contributed by atoms with Crippen molar-refractivity contribution >= 4 is 10.9 Å². The van der Waals surface area contributed by atoms with Gasteiger partial charge in [-0.1, -0.05) is 12.7 Å². The second-order valence-electron chi connectivity index (χ2n) is 3.58. The van der Waals surface area contributed by atoms with Crippen LogP contribution in [0.4, 0.5) is 0 Å². The quantitative estimate of drug-likeness (QED) is 0.799. The lowest BCUT2D eigenvalue weighted by atomic mass is 10.1. The van der Waals surface area contributed by atoms with Gasteiger partial charge in [0.2, 0.25) is 5.56 Å². The van der Waals surface area contributed by atoms with Gasteiger partial charge in [-0.15, -0.1) is 0 Å². The number of benzene rings is 1. The monoisotopic (exact) mass is 215 g/mol. The van der Waals surface area contributed by atoms with Crippen molar-refractivity contribution in [3.63, 3.8) is 0 Å². The van der Waals surface area contributed by atoms with Gasteiger partial charge in [0.1, 0.15) is 12.4 Å². The van der Waals surface area contributed by atoms with Gasteiger partial charge < -0.3 is 9.72 Å². The number of nitrogens with one attached hydrogen (secondary N) is 1. The highest BCUT2D eigenvalue weighted by molar-refractivity contribution is 5.83. The molecular weight excluding hydrogens is 202 g/mol. The van der Waals surface area contributed by atoms with E-state index in [0.717, 1.165) is 22.2 Å². The summed E-state index contributed by atoms with van der Waals surface area (Å²) >= 11 is 0. The molecule has 16 heavy (non-hydrogen) atoms. The molecule has 0 saturated heterocycles. The summed E-state index contributed by atoms with van der Waals surface area (Å²) in [6.45, 7) is 5.99. The van der Waals surface area contributed by atoms with Crippen molar-refractivity contribution in [1.82, 2.24) is 4.98 Å². The molecule has 0 aliphatic carbocycles. The summed E-state index contributed by atoms with van der Waals surface area (Å²) in [7, 11) is 0. The second-order valence-corrected chi connectivity index (χ2v) is 3.58. The van der Waals surface area contributed by atoms with Crippen LogP contribution >= 0.6 is 0 Å². The fourth-order valence-corrected chi connectivity index (χ4v) is 1.65. The van der Waals surface area contributed by atoms with Gasteiger partial charge in [0, 0.05) is 11.6 Å². The fraction of sp³-hybridized carbons (Fsp3) is 0.154. The number of fused-ring (bicyclic) bond motifs is 1. The Bertz CT molecular complexity index is 584. The van der Waals surface area contributed by atoms with Gasteiger partial charge in [0.05, 0.1) is 5.52 Å². The minimum absolute atomic E-state index is 0.100. The molecule has 0 radical (unpaired) electrons. The van der Waals surface area contributed by atoms with Crippen LogP contribution in [0.3, 0.4) is 0 Å². The largest absolute Gasteiger partial charge is 0.489 e. The molecule has 3 heteroatoms. The minimum atomic E-state index is -0.100. The maximum absolute atomic E-state index is 11.2. The summed E-state index contributed by atoms with van der Waals surface area (Å²) in [5.41, 5.74) is 1.67.